The molecule has 0 spiro atoms. The highest BCUT2D eigenvalue weighted by Crippen LogP contribution is 2.20. The summed E-state index contributed by atoms with van der Waals surface area (Å²) < 4.78 is 0. The molecule has 0 saturated heterocycles. The number of aliphatic hydroxyl groups excluding tert-OH is 1. The van der Waals surface area contributed by atoms with Crippen LogP contribution in [0.5, 0.6) is 0 Å². The van der Waals surface area contributed by atoms with E-state index in [2.05, 4.69) is 5.32 Å². The van der Waals surface area contributed by atoms with Crippen molar-refractivity contribution in [2.24, 2.45) is 0 Å². The van der Waals surface area contributed by atoms with Crippen molar-refractivity contribution in [1.29, 1.82) is 0 Å². The number of amides is 1. The first kappa shape index (κ1) is 15.5. The summed E-state index contributed by atoms with van der Waals surface area (Å²) in [6.45, 7) is 5.04. The van der Waals surface area contributed by atoms with Gasteiger partial charge in [0.1, 0.15) is 0 Å². The summed E-state index contributed by atoms with van der Waals surface area (Å²) in [6, 6.07) is 7.68. The maximum atomic E-state index is 11.6. The second-order valence-electron chi connectivity index (χ2n) is 4.72. The minimum atomic E-state index is -0.410. The Bertz CT molecular complexity index is 390. The summed E-state index contributed by atoms with van der Waals surface area (Å²) in [5.41, 5.74) is 1.88. The predicted octanol–water partition coefficient (Wildman–Crippen LogP) is 2.09. The van der Waals surface area contributed by atoms with Gasteiger partial charge < -0.3 is 15.3 Å². The normalized spacial score (nSPS) is 12.0. The Morgan fingerprint density at radius 2 is 1.95 bits per heavy atom. The molecule has 0 aliphatic rings. The molecule has 1 atom stereocenters. The lowest BCUT2D eigenvalue weighted by Gasteiger charge is -2.19. The Hall–Kier alpha value is -1.55. The van der Waals surface area contributed by atoms with Crippen molar-refractivity contribution in [3.05, 3.63) is 29.8 Å². The number of hydrogen-bond donors (Lipinski definition) is 2. The van der Waals surface area contributed by atoms with E-state index < -0.39 is 6.10 Å². The number of carbonyl (C=O) groups excluding carboxylic acids is 1. The summed E-state index contributed by atoms with van der Waals surface area (Å²) in [5, 5.41) is 12.6. The molecule has 0 saturated carbocycles. The maximum Gasteiger partial charge on any atom is 0.239 e. The van der Waals surface area contributed by atoms with Crippen LogP contribution in [-0.4, -0.2) is 31.2 Å². The standard InChI is InChI=1S/C15H24N2O2/c1-4-10-16-15(19)11-17(3)13-8-6-12(7-9-13)14(18)5-2/h6-9,14,18H,4-5,10-11H2,1-3H3,(H,16,19). The Morgan fingerprint density at radius 3 is 2.47 bits per heavy atom. The number of carbonyl (C=O) groups is 1. The van der Waals surface area contributed by atoms with Gasteiger partial charge in [-0.25, -0.2) is 0 Å². The largest absolute Gasteiger partial charge is 0.388 e. The van der Waals surface area contributed by atoms with E-state index in [0.29, 0.717) is 19.5 Å². The molecule has 0 aliphatic carbocycles. The summed E-state index contributed by atoms with van der Waals surface area (Å²) in [7, 11) is 1.89. The van der Waals surface area contributed by atoms with Crippen molar-refractivity contribution >= 4 is 11.6 Å². The third-order valence-electron chi connectivity index (χ3n) is 3.06. The monoisotopic (exact) mass is 264 g/mol. The highest BCUT2D eigenvalue weighted by molar-refractivity contribution is 5.81. The molecule has 1 unspecified atom stereocenters. The smallest absolute Gasteiger partial charge is 0.239 e. The van der Waals surface area contributed by atoms with E-state index in [9.17, 15) is 9.90 Å². The van der Waals surface area contributed by atoms with Crippen LogP contribution in [0.3, 0.4) is 0 Å². The van der Waals surface area contributed by atoms with E-state index in [1.165, 1.54) is 0 Å². The van der Waals surface area contributed by atoms with Gasteiger partial charge in [-0.3, -0.25) is 4.79 Å². The molecule has 1 amide bonds. The van der Waals surface area contributed by atoms with Crippen molar-refractivity contribution in [2.75, 3.05) is 25.0 Å². The van der Waals surface area contributed by atoms with Crippen LogP contribution in [-0.2, 0) is 4.79 Å². The molecule has 19 heavy (non-hydrogen) atoms. The predicted molar refractivity (Wildman–Crippen MR) is 78.3 cm³/mol. The molecule has 4 nitrogen and oxygen atoms in total. The van der Waals surface area contributed by atoms with Gasteiger partial charge in [0.05, 0.1) is 12.6 Å². The molecule has 1 aromatic carbocycles. The maximum absolute atomic E-state index is 11.6. The van der Waals surface area contributed by atoms with E-state index in [-0.39, 0.29) is 5.91 Å². The van der Waals surface area contributed by atoms with Crippen molar-refractivity contribution in [3.8, 4) is 0 Å². The van der Waals surface area contributed by atoms with E-state index in [1.54, 1.807) is 0 Å². The first-order valence-electron chi connectivity index (χ1n) is 6.84. The van der Waals surface area contributed by atoms with Gasteiger partial charge in [0.25, 0.3) is 0 Å². The molecule has 0 radical (unpaired) electrons. The second kappa shape index (κ2) is 7.79. The number of anilines is 1. The molecule has 106 valence electrons. The first-order chi connectivity index (χ1) is 9.08. The summed E-state index contributed by atoms with van der Waals surface area (Å²) in [5.74, 6) is 0.0296. The zero-order chi connectivity index (χ0) is 14.3. The minimum absolute atomic E-state index is 0.0296. The van der Waals surface area contributed by atoms with Crippen LogP contribution >= 0.6 is 0 Å². The Kier molecular flexibility index (Phi) is 6.36. The van der Waals surface area contributed by atoms with Crippen molar-refractivity contribution < 1.29 is 9.90 Å². The zero-order valence-electron chi connectivity index (χ0n) is 12.0. The highest BCUT2D eigenvalue weighted by atomic mass is 16.3. The van der Waals surface area contributed by atoms with Crippen LogP contribution in [0, 0.1) is 0 Å². The molecular formula is C15H24N2O2. The van der Waals surface area contributed by atoms with Crippen molar-refractivity contribution in [2.45, 2.75) is 32.8 Å². The Morgan fingerprint density at radius 1 is 1.32 bits per heavy atom. The number of likely N-dealkylation sites (N-methyl/N-ethyl adjacent to an activating group) is 1. The minimum Gasteiger partial charge on any atom is -0.388 e. The quantitative estimate of drug-likeness (QED) is 0.793. The molecule has 0 bridgehead atoms. The SMILES string of the molecule is CCCNC(=O)CN(C)c1ccc(C(O)CC)cc1. The number of aliphatic hydroxyl groups is 1. The van der Waals surface area contributed by atoms with Gasteiger partial charge in [0.15, 0.2) is 0 Å². The van der Waals surface area contributed by atoms with Gasteiger partial charge >= 0.3 is 0 Å². The molecule has 0 heterocycles. The molecule has 1 aromatic rings. The summed E-state index contributed by atoms with van der Waals surface area (Å²) in [6.07, 6.45) is 1.24. The Labute approximate surface area is 115 Å². The van der Waals surface area contributed by atoms with Crippen molar-refractivity contribution in [1.82, 2.24) is 5.32 Å². The summed E-state index contributed by atoms with van der Waals surface area (Å²) >= 11 is 0. The van der Waals surface area contributed by atoms with Gasteiger partial charge in [-0.2, -0.15) is 0 Å². The molecule has 0 aromatic heterocycles. The molecular weight excluding hydrogens is 240 g/mol. The molecule has 1 rings (SSSR count). The van der Waals surface area contributed by atoms with Gasteiger partial charge in [0.2, 0.25) is 5.91 Å². The first-order valence-corrected chi connectivity index (χ1v) is 6.84. The third-order valence-corrected chi connectivity index (χ3v) is 3.06. The topological polar surface area (TPSA) is 52.6 Å². The molecule has 4 heteroatoms. The van der Waals surface area contributed by atoms with Crippen LogP contribution in [0.2, 0.25) is 0 Å². The lowest BCUT2D eigenvalue weighted by atomic mass is 10.1. The highest BCUT2D eigenvalue weighted by Gasteiger charge is 2.08. The van der Waals surface area contributed by atoms with Crippen LogP contribution in [0.25, 0.3) is 0 Å². The second-order valence-corrected chi connectivity index (χ2v) is 4.72. The number of rotatable bonds is 7. The fourth-order valence-corrected chi connectivity index (χ4v) is 1.81. The van der Waals surface area contributed by atoms with Gasteiger partial charge in [0, 0.05) is 19.3 Å². The fourth-order valence-electron chi connectivity index (χ4n) is 1.81. The number of nitrogens with zero attached hydrogens (tertiary/aromatic N) is 1. The number of nitrogens with one attached hydrogen (secondary N) is 1. The lowest BCUT2D eigenvalue weighted by molar-refractivity contribution is -0.119. The zero-order valence-corrected chi connectivity index (χ0v) is 12.0. The fraction of sp³-hybridized carbons (Fsp3) is 0.533. The molecule has 2 N–H and O–H groups in total. The average Bonchev–Trinajstić information content (AvgIpc) is 2.44. The van der Waals surface area contributed by atoms with Crippen LogP contribution in [0.15, 0.2) is 24.3 Å². The van der Waals surface area contributed by atoms with Gasteiger partial charge in [-0.15, -0.1) is 0 Å². The Balaban J connectivity index is 2.57. The van der Waals surface area contributed by atoms with Crippen molar-refractivity contribution in [3.63, 3.8) is 0 Å². The third kappa shape index (κ3) is 4.91. The van der Waals surface area contributed by atoms with E-state index in [0.717, 1.165) is 17.7 Å². The number of benzene rings is 1. The summed E-state index contributed by atoms with van der Waals surface area (Å²) in [4.78, 5) is 13.5. The van der Waals surface area contributed by atoms with Gasteiger partial charge in [-0.1, -0.05) is 26.0 Å². The van der Waals surface area contributed by atoms with E-state index >= 15 is 0 Å². The van der Waals surface area contributed by atoms with E-state index in [4.69, 9.17) is 0 Å². The van der Waals surface area contributed by atoms with E-state index in [1.807, 2.05) is 50.1 Å². The lowest BCUT2D eigenvalue weighted by Crippen LogP contribution is -2.35. The number of hydrogen-bond acceptors (Lipinski definition) is 3. The molecule has 0 fully saturated rings. The average molecular weight is 264 g/mol. The van der Waals surface area contributed by atoms with Crippen LogP contribution in [0.4, 0.5) is 5.69 Å². The van der Waals surface area contributed by atoms with Crippen LogP contribution < -0.4 is 10.2 Å². The van der Waals surface area contributed by atoms with Crippen LogP contribution in [0.1, 0.15) is 38.4 Å². The van der Waals surface area contributed by atoms with Gasteiger partial charge in [-0.05, 0) is 30.5 Å². The molecule has 0 aliphatic heterocycles.